The molecule has 5 aromatic carbocycles. The lowest BCUT2D eigenvalue weighted by molar-refractivity contribution is 0.332. The Kier molecular flexibility index (Phi) is 5.96. The fourth-order valence-electron chi connectivity index (χ4n) is 8.86. The smallest absolute Gasteiger partial charge is 0.297 e. The predicted octanol–water partition coefficient (Wildman–Crippen LogP) is 3.64. The summed E-state index contributed by atoms with van der Waals surface area (Å²) in [4.78, 5) is 5.07. The van der Waals surface area contributed by atoms with Gasteiger partial charge in [-0.15, -0.1) is 0 Å². The maximum absolute atomic E-state index is 7.08. The summed E-state index contributed by atoms with van der Waals surface area (Å²) in [5, 5.41) is 1.16. The molecule has 6 aromatic rings. The number of nitrogens with zero attached hydrogens (tertiary/aromatic N) is 2. The summed E-state index contributed by atoms with van der Waals surface area (Å²) in [6, 6.07) is 35.6. The van der Waals surface area contributed by atoms with Crippen LogP contribution in [0.15, 0.2) is 101 Å². The van der Waals surface area contributed by atoms with Crippen molar-refractivity contribution in [3.05, 3.63) is 108 Å². The van der Waals surface area contributed by atoms with Crippen LogP contribution in [0.1, 0.15) is 51.7 Å². The Morgan fingerprint density at radius 2 is 1.15 bits per heavy atom. The molecule has 0 bridgehead atoms. The van der Waals surface area contributed by atoms with Crippen LogP contribution in [0.5, 0.6) is 0 Å². The zero-order valence-electron chi connectivity index (χ0n) is 28.5. The van der Waals surface area contributed by atoms with Gasteiger partial charge >= 0.3 is 0 Å². The van der Waals surface area contributed by atoms with Crippen molar-refractivity contribution >= 4 is 108 Å². The Bertz CT molecular complexity index is 2260. The second-order valence-electron chi connectivity index (χ2n) is 15.3. The Balaban J connectivity index is 1.49. The topological polar surface area (TPSA) is 19.6 Å². The quantitative estimate of drug-likeness (QED) is 0.281. The van der Waals surface area contributed by atoms with E-state index >= 15 is 0 Å². The molecule has 0 saturated carbocycles. The molecule has 2 aliphatic heterocycles. The molecule has 47 heavy (non-hydrogen) atoms. The minimum Gasteiger partial charge on any atom is -0.468 e. The van der Waals surface area contributed by atoms with Crippen LogP contribution in [0.2, 0.25) is 0 Å². The van der Waals surface area contributed by atoms with Gasteiger partial charge in [-0.25, -0.2) is 0 Å². The molecule has 3 heterocycles. The highest BCUT2D eigenvalue weighted by Crippen LogP contribution is 2.50. The largest absolute Gasteiger partial charge is 0.468 e. The predicted molar refractivity (Wildman–Crippen MR) is 210 cm³/mol. The number of anilines is 6. The van der Waals surface area contributed by atoms with Crippen LogP contribution in [-0.4, -0.2) is 30.3 Å². The van der Waals surface area contributed by atoms with Gasteiger partial charge in [-0.2, -0.15) is 0 Å². The van der Waals surface area contributed by atoms with Crippen LogP contribution in [0.3, 0.4) is 0 Å². The molecular weight excluding hydrogens is 568 g/mol. The number of rotatable bonds is 2. The number of para-hydroxylation sites is 3. The number of furan rings is 1. The Morgan fingerprint density at radius 3 is 1.79 bits per heavy atom. The van der Waals surface area contributed by atoms with E-state index in [-0.39, 0.29) is 17.5 Å². The summed E-state index contributed by atoms with van der Waals surface area (Å²) >= 11 is 0. The van der Waals surface area contributed by atoms with Crippen LogP contribution < -0.4 is 42.8 Å². The van der Waals surface area contributed by atoms with Crippen molar-refractivity contribution < 1.29 is 4.42 Å². The molecule has 226 valence electrons. The number of hydrogen-bond acceptors (Lipinski definition) is 3. The van der Waals surface area contributed by atoms with E-state index in [1.165, 1.54) is 74.0 Å². The third-order valence-electron chi connectivity index (χ3n) is 11.7. The SMILES string of the molecule is Bc1c(B)c2c3c(c1B)N(c1ccccc1)c1c(oc4ccccc14)B3c1cc3c(cc1N2c1ccccc1)C(C)(C)CCC3(C)C. The normalized spacial score (nSPS) is 16.8. The van der Waals surface area contributed by atoms with E-state index in [1.54, 1.807) is 0 Å². The van der Waals surface area contributed by atoms with E-state index in [2.05, 4.69) is 158 Å². The molecule has 0 N–H and O–H groups in total. The third kappa shape index (κ3) is 3.86. The van der Waals surface area contributed by atoms with Crippen LogP contribution in [0.25, 0.3) is 11.0 Å². The summed E-state index contributed by atoms with van der Waals surface area (Å²) in [5.41, 5.74) is 19.1. The van der Waals surface area contributed by atoms with Crippen molar-refractivity contribution in [2.45, 2.75) is 51.4 Å². The minimum absolute atomic E-state index is 0.0403. The first-order chi connectivity index (χ1) is 22.6. The third-order valence-corrected chi connectivity index (χ3v) is 11.7. The molecule has 0 atom stereocenters. The first kappa shape index (κ1) is 28.7. The van der Waals surface area contributed by atoms with Crippen molar-refractivity contribution in [1.82, 2.24) is 0 Å². The van der Waals surface area contributed by atoms with Gasteiger partial charge in [0.2, 0.25) is 0 Å². The van der Waals surface area contributed by atoms with Crippen LogP contribution in [-0.2, 0) is 10.8 Å². The zero-order valence-corrected chi connectivity index (χ0v) is 28.5. The molecule has 0 spiro atoms. The summed E-state index contributed by atoms with van der Waals surface area (Å²) in [6.45, 7) is 9.70. The van der Waals surface area contributed by atoms with Crippen molar-refractivity contribution in [3.63, 3.8) is 0 Å². The second kappa shape index (κ2) is 9.76. The Labute approximate surface area is 281 Å². The van der Waals surface area contributed by atoms with Crippen LogP contribution in [0, 0.1) is 0 Å². The first-order valence-electron chi connectivity index (χ1n) is 17.1. The van der Waals surface area contributed by atoms with Gasteiger partial charge in [0.1, 0.15) is 29.1 Å². The van der Waals surface area contributed by atoms with E-state index in [0.717, 1.165) is 28.0 Å². The van der Waals surface area contributed by atoms with Gasteiger partial charge in [0.15, 0.2) is 0 Å². The van der Waals surface area contributed by atoms with Gasteiger partial charge in [-0.1, -0.05) is 98.7 Å². The zero-order chi connectivity index (χ0) is 32.4. The monoisotopic (exact) mass is 606 g/mol. The van der Waals surface area contributed by atoms with Gasteiger partial charge < -0.3 is 14.2 Å². The molecule has 0 saturated heterocycles. The van der Waals surface area contributed by atoms with Crippen molar-refractivity contribution in [1.29, 1.82) is 0 Å². The lowest BCUT2D eigenvalue weighted by Crippen LogP contribution is -2.65. The summed E-state index contributed by atoms with van der Waals surface area (Å²) in [7, 11) is 6.95. The van der Waals surface area contributed by atoms with E-state index in [9.17, 15) is 0 Å². The van der Waals surface area contributed by atoms with Gasteiger partial charge in [0.05, 0.1) is 11.3 Å². The molecule has 1 aromatic heterocycles. The fraction of sp³-hybridized carbons (Fsp3) is 0.200. The molecule has 3 aliphatic rings. The van der Waals surface area contributed by atoms with Gasteiger partial charge in [0.25, 0.3) is 6.71 Å². The van der Waals surface area contributed by atoms with Crippen molar-refractivity contribution in [3.8, 4) is 0 Å². The van der Waals surface area contributed by atoms with Gasteiger partial charge in [-0.05, 0) is 88.2 Å². The lowest BCUT2D eigenvalue weighted by Gasteiger charge is -2.47. The van der Waals surface area contributed by atoms with E-state index in [4.69, 9.17) is 4.42 Å². The summed E-state index contributed by atoms with van der Waals surface area (Å²) in [5.74, 6) is 0. The van der Waals surface area contributed by atoms with Gasteiger partial charge in [-0.3, -0.25) is 0 Å². The van der Waals surface area contributed by atoms with Gasteiger partial charge in [0, 0.05) is 33.8 Å². The minimum atomic E-state index is -0.0403. The maximum Gasteiger partial charge on any atom is 0.297 e. The molecule has 1 aliphatic carbocycles. The Hall–Kier alpha value is -4.50. The average Bonchev–Trinajstić information content (AvgIpc) is 3.47. The van der Waals surface area contributed by atoms with E-state index in [0.29, 0.717) is 0 Å². The molecule has 0 unspecified atom stereocenters. The van der Waals surface area contributed by atoms with Crippen molar-refractivity contribution in [2.75, 3.05) is 9.80 Å². The molecule has 0 fully saturated rings. The highest BCUT2D eigenvalue weighted by molar-refractivity contribution is 7.00. The summed E-state index contributed by atoms with van der Waals surface area (Å²) in [6.07, 6.45) is 2.36. The summed E-state index contributed by atoms with van der Waals surface area (Å²) < 4.78 is 7.08. The van der Waals surface area contributed by atoms with E-state index in [1.807, 2.05) is 0 Å². The number of benzene rings is 5. The highest BCUT2D eigenvalue weighted by Gasteiger charge is 2.49. The molecular formula is C40H38B4N2O. The Morgan fingerprint density at radius 1 is 0.617 bits per heavy atom. The molecule has 0 radical (unpaired) electrons. The number of hydrogen-bond donors (Lipinski definition) is 0. The average molecular weight is 606 g/mol. The highest BCUT2D eigenvalue weighted by atomic mass is 16.3. The standard InChI is InChI=1S/C40H38B4N2O/c1-39(2)19-20-40(3,4)27-22-29-28(21-26(27)39)44-34-36(45(29)23-13-7-5-8-14-23)32(42)31(41)33(43)37(34)46(24-15-9-6-10-16-24)35-25-17-11-12-18-30(25)47-38(35)44/h5-18,21-22H,19-20,41-43H2,1-4H3. The maximum atomic E-state index is 7.08. The second-order valence-corrected chi connectivity index (χ2v) is 15.3. The lowest BCUT2D eigenvalue weighted by atomic mass is 9.34. The van der Waals surface area contributed by atoms with Crippen LogP contribution >= 0.6 is 0 Å². The molecule has 0 amide bonds. The molecule has 7 heteroatoms. The van der Waals surface area contributed by atoms with E-state index < -0.39 is 0 Å². The van der Waals surface area contributed by atoms with Crippen LogP contribution in [0.4, 0.5) is 34.1 Å². The fourth-order valence-corrected chi connectivity index (χ4v) is 8.86. The van der Waals surface area contributed by atoms with Crippen molar-refractivity contribution in [2.24, 2.45) is 0 Å². The first-order valence-corrected chi connectivity index (χ1v) is 17.1. The molecule has 3 nitrogen and oxygen atoms in total. The number of fused-ring (bicyclic) bond motifs is 7. The molecule has 9 rings (SSSR count).